The van der Waals surface area contributed by atoms with E-state index in [0.717, 1.165) is 39.5 Å². The first-order chi connectivity index (χ1) is 17.9. The third-order valence-electron chi connectivity index (χ3n) is 7.21. The highest BCUT2D eigenvalue weighted by Gasteiger charge is 2.36. The zero-order valence-corrected chi connectivity index (χ0v) is 21.9. The Kier molecular flexibility index (Phi) is 6.70. The number of anilines is 3. The fourth-order valence-electron chi connectivity index (χ4n) is 5.28. The van der Waals surface area contributed by atoms with Crippen LogP contribution in [0, 0.1) is 0 Å². The number of hydrogen-bond acceptors (Lipinski definition) is 7. The van der Waals surface area contributed by atoms with Gasteiger partial charge >= 0.3 is 0 Å². The van der Waals surface area contributed by atoms with E-state index in [1.165, 1.54) is 0 Å². The van der Waals surface area contributed by atoms with Crippen molar-refractivity contribution < 1.29 is 19.0 Å². The Morgan fingerprint density at radius 3 is 2.05 bits per heavy atom. The largest absolute Gasteiger partial charge is 0.493 e. The van der Waals surface area contributed by atoms with E-state index in [4.69, 9.17) is 14.2 Å². The van der Waals surface area contributed by atoms with Gasteiger partial charge in [0, 0.05) is 37.5 Å². The van der Waals surface area contributed by atoms with E-state index in [0.29, 0.717) is 30.1 Å². The molecule has 0 fully saturated rings. The molecule has 0 saturated carbocycles. The molecule has 1 aliphatic carbocycles. The molecule has 0 saturated heterocycles. The molecule has 3 aromatic carbocycles. The van der Waals surface area contributed by atoms with Crippen LogP contribution in [0.4, 0.5) is 17.1 Å². The summed E-state index contributed by atoms with van der Waals surface area (Å²) in [4.78, 5) is 15.9. The van der Waals surface area contributed by atoms with Gasteiger partial charge in [0.2, 0.25) is 5.75 Å². The Hall–Kier alpha value is -4.13. The van der Waals surface area contributed by atoms with Gasteiger partial charge in [-0.05, 0) is 59.9 Å². The summed E-state index contributed by atoms with van der Waals surface area (Å²) in [6.07, 6.45) is 1.07. The molecule has 37 heavy (non-hydrogen) atoms. The number of benzene rings is 3. The highest BCUT2D eigenvalue weighted by atomic mass is 16.5. The smallest absolute Gasteiger partial charge is 0.203 e. The summed E-state index contributed by atoms with van der Waals surface area (Å²) in [6.45, 7) is 0. The number of ketones is 1. The van der Waals surface area contributed by atoms with Gasteiger partial charge in [-0.2, -0.15) is 0 Å². The van der Waals surface area contributed by atoms with Crippen molar-refractivity contribution in [1.82, 2.24) is 0 Å². The van der Waals surface area contributed by atoms with Crippen molar-refractivity contribution in [1.29, 1.82) is 0 Å². The van der Waals surface area contributed by atoms with Crippen LogP contribution < -0.4 is 29.7 Å². The van der Waals surface area contributed by atoms with Gasteiger partial charge in [0.1, 0.15) is 0 Å². The molecule has 0 radical (unpaired) electrons. The van der Waals surface area contributed by atoms with Crippen LogP contribution in [0.15, 0.2) is 71.9 Å². The third-order valence-corrected chi connectivity index (χ3v) is 7.21. The van der Waals surface area contributed by atoms with Gasteiger partial charge in [-0.1, -0.05) is 24.3 Å². The SMILES string of the molecule is COc1cc(C2CC(=O)C3=C(C2)Nc2ccccc2NC3c2ccc(N(C)C)cc2)cc(OC)c1OC. The van der Waals surface area contributed by atoms with Gasteiger partial charge in [0.25, 0.3) is 0 Å². The van der Waals surface area contributed by atoms with Crippen LogP contribution in [-0.2, 0) is 4.79 Å². The second-order valence-electron chi connectivity index (χ2n) is 9.61. The van der Waals surface area contributed by atoms with Crippen LogP contribution in [0.25, 0.3) is 0 Å². The van der Waals surface area contributed by atoms with Gasteiger partial charge in [-0.3, -0.25) is 4.79 Å². The molecule has 0 bridgehead atoms. The molecule has 7 heteroatoms. The normalized spacial score (nSPS) is 18.6. The quantitative estimate of drug-likeness (QED) is 0.447. The van der Waals surface area contributed by atoms with E-state index in [1.807, 2.05) is 50.5 Å². The second kappa shape index (κ2) is 10.1. The second-order valence-corrected chi connectivity index (χ2v) is 9.61. The maximum absolute atomic E-state index is 13.9. The van der Waals surface area contributed by atoms with Gasteiger partial charge in [0.05, 0.1) is 38.7 Å². The van der Waals surface area contributed by atoms with Crippen molar-refractivity contribution in [3.8, 4) is 17.2 Å². The van der Waals surface area contributed by atoms with Crippen LogP contribution in [-0.4, -0.2) is 41.2 Å². The van der Waals surface area contributed by atoms with Crippen LogP contribution in [0.1, 0.15) is 35.9 Å². The van der Waals surface area contributed by atoms with Gasteiger partial charge < -0.3 is 29.7 Å². The third kappa shape index (κ3) is 4.57. The number of nitrogens with one attached hydrogen (secondary N) is 2. The number of carbonyl (C=O) groups excluding carboxylic acids is 1. The van der Waals surface area contributed by atoms with E-state index >= 15 is 0 Å². The summed E-state index contributed by atoms with van der Waals surface area (Å²) in [7, 11) is 8.85. The lowest BCUT2D eigenvalue weighted by atomic mass is 9.78. The number of ether oxygens (including phenoxy) is 3. The molecule has 2 unspecified atom stereocenters. The minimum absolute atomic E-state index is 0.0329. The minimum Gasteiger partial charge on any atom is -0.493 e. The average Bonchev–Trinajstić information content (AvgIpc) is 3.09. The number of methoxy groups -OCH3 is 3. The first kappa shape index (κ1) is 24.6. The standard InChI is InChI=1S/C30H33N3O4/c1-33(2)21-12-10-18(11-13-21)29-28-24(31-22-8-6-7-9-23(22)32-29)14-19(15-25(28)34)20-16-26(35-3)30(37-5)27(17-20)36-4/h6-13,16-17,19,29,31-32H,14-15H2,1-5H3. The first-order valence-electron chi connectivity index (χ1n) is 12.4. The number of allylic oxidation sites excluding steroid dienone is 1. The Labute approximate surface area is 218 Å². The summed E-state index contributed by atoms with van der Waals surface area (Å²) in [5.74, 6) is 1.80. The predicted octanol–water partition coefficient (Wildman–Crippen LogP) is 5.76. The fourth-order valence-corrected chi connectivity index (χ4v) is 5.28. The number of para-hydroxylation sites is 2. The molecule has 2 aliphatic rings. The lowest BCUT2D eigenvalue weighted by molar-refractivity contribution is -0.116. The van der Waals surface area contributed by atoms with Crippen molar-refractivity contribution in [2.45, 2.75) is 24.8 Å². The number of carbonyl (C=O) groups is 1. The molecule has 5 rings (SSSR count). The monoisotopic (exact) mass is 499 g/mol. The molecule has 0 spiro atoms. The number of rotatable bonds is 6. The maximum atomic E-state index is 13.9. The average molecular weight is 500 g/mol. The van der Waals surface area contributed by atoms with Gasteiger partial charge in [-0.25, -0.2) is 0 Å². The van der Waals surface area contributed by atoms with E-state index < -0.39 is 0 Å². The number of hydrogen-bond donors (Lipinski definition) is 2. The van der Waals surface area contributed by atoms with Crippen molar-refractivity contribution in [3.63, 3.8) is 0 Å². The number of nitrogens with zero attached hydrogens (tertiary/aromatic N) is 1. The fraction of sp³-hybridized carbons (Fsp3) is 0.300. The van der Waals surface area contributed by atoms with Crippen LogP contribution >= 0.6 is 0 Å². The molecule has 1 heterocycles. The topological polar surface area (TPSA) is 72.1 Å². The van der Waals surface area contributed by atoms with Crippen molar-refractivity contribution in [2.75, 3.05) is 51.0 Å². The Morgan fingerprint density at radius 1 is 0.811 bits per heavy atom. The molecule has 1 aliphatic heterocycles. The van der Waals surface area contributed by atoms with E-state index in [1.54, 1.807) is 21.3 Å². The van der Waals surface area contributed by atoms with Gasteiger partial charge in [-0.15, -0.1) is 0 Å². The molecule has 192 valence electrons. The molecule has 2 atom stereocenters. The molecular formula is C30H33N3O4. The molecular weight excluding hydrogens is 466 g/mol. The molecule has 7 nitrogen and oxygen atoms in total. The van der Waals surface area contributed by atoms with Crippen LogP contribution in [0.5, 0.6) is 17.2 Å². The Bertz CT molecular complexity index is 1320. The lowest BCUT2D eigenvalue weighted by Crippen LogP contribution is -2.27. The lowest BCUT2D eigenvalue weighted by Gasteiger charge is -2.30. The summed E-state index contributed by atoms with van der Waals surface area (Å²) < 4.78 is 16.7. The highest BCUT2D eigenvalue weighted by molar-refractivity contribution is 6.01. The van der Waals surface area contributed by atoms with E-state index in [2.05, 4.69) is 39.8 Å². The summed E-state index contributed by atoms with van der Waals surface area (Å²) in [5, 5.41) is 7.25. The van der Waals surface area contributed by atoms with Crippen LogP contribution in [0.2, 0.25) is 0 Å². The van der Waals surface area contributed by atoms with E-state index in [-0.39, 0.29) is 17.7 Å². The number of fused-ring (bicyclic) bond motifs is 1. The molecule has 2 N–H and O–H groups in total. The van der Waals surface area contributed by atoms with Gasteiger partial charge in [0.15, 0.2) is 17.3 Å². The predicted molar refractivity (Wildman–Crippen MR) is 147 cm³/mol. The Morgan fingerprint density at radius 2 is 1.46 bits per heavy atom. The highest BCUT2D eigenvalue weighted by Crippen LogP contribution is 2.47. The zero-order chi connectivity index (χ0) is 26.1. The molecule has 0 amide bonds. The van der Waals surface area contributed by atoms with Crippen LogP contribution in [0.3, 0.4) is 0 Å². The minimum atomic E-state index is -0.254. The van der Waals surface area contributed by atoms with Crippen molar-refractivity contribution in [2.24, 2.45) is 0 Å². The maximum Gasteiger partial charge on any atom is 0.203 e. The van der Waals surface area contributed by atoms with Crippen molar-refractivity contribution in [3.05, 3.63) is 83.1 Å². The Balaban J connectivity index is 1.58. The summed E-state index contributed by atoms with van der Waals surface area (Å²) in [6, 6.07) is 20.1. The molecule has 0 aromatic heterocycles. The van der Waals surface area contributed by atoms with Crippen molar-refractivity contribution >= 4 is 22.8 Å². The number of Topliss-reactive ketones (excluding diaryl/α,β-unsaturated/α-hetero) is 1. The summed E-state index contributed by atoms with van der Waals surface area (Å²) >= 11 is 0. The summed E-state index contributed by atoms with van der Waals surface area (Å²) in [5.41, 5.74) is 6.80. The first-order valence-corrected chi connectivity index (χ1v) is 12.4. The zero-order valence-electron chi connectivity index (χ0n) is 21.9. The molecule has 3 aromatic rings. The van der Waals surface area contributed by atoms with E-state index in [9.17, 15) is 4.79 Å².